The van der Waals surface area contributed by atoms with Crippen LogP contribution in [0.2, 0.25) is 0 Å². The molecule has 7 nitrogen and oxygen atoms in total. The molecule has 0 aliphatic carbocycles. The van der Waals surface area contributed by atoms with E-state index < -0.39 is 4.92 Å². The van der Waals surface area contributed by atoms with Gasteiger partial charge in [0.15, 0.2) is 0 Å². The molecule has 0 saturated heterocycles. The van der Waals surface area contributed by atoms with Crippen molar-refractivity contribution in [3.8, 4) is 0 Å². The van der Waals surface area contributed by atoms with Crippen molar-refractivity contribution in [1.82, 2.24) is 15.3 Å². The van der Waals surface area contributed by atoms with Gasteiger partial charge in [0.05, 0.1) is 28.9 Å². The van der Waals surface area contributed by atoms with E-state index in [0.29, 0.717) is 11.4 Å². The molecule has 1 aromatic heterocycles. The number of hydrogen-bond donors (Lipinski definition) is 2. The molecule has 0 aliphatic rings. The number of fused-ring (bicyclic) bond motifs is 1. The molecule has 0 spiro atoms. The van der Waals surface area contributed by atoms with Gasteiger partial charge in [-0.15, -0.1) is 0 Å². The van der Waals surface area contributed by atoms with E-state index in [1.165, 1.54) is 6.07 Å². The highest BCUT2D eigenvalue weighted by Gasteiger charge is 2.15. The number of para-hydroxylation sites is 3. The SMILES string of the molecule is O=C(Cc1ccccc1[N+](=O)[O-])NCc1nc2ccccc2[nH]1. The first-order chi connectivity index (χ1) is 11.1. The predicted molar refractivity (Wildman–Crippen MR) is 84.7 cm³/mol. The second kappa shape index (κ2) is 6.27. The van der Waals surface area contributed by atoms with Crippen LogP contribution >= 0.6 is 0 Å². The molecule has 116 valence electrons. The highest BCUT2D eigenvalue weighted by Crippen LogP contribution is 2.18. The maximum absolute atomic E-state index is 12.0. The molecule has 0 aliphatic heterocycles. The third kappa shape index (κ3) is 3.34. The van der Waals surface area contributed by atoms with Crippen LogP contribution < -0.4 is 5.32 Å². The number of benzene rings is 2. The first kappa shape index (κ1) is 14.7. The molecule has 0 unspecified atom stereocenters. The van der Waals surface area contributed by atoms with Gasteiger partial charge in [0, 0.05) is 11.6 Å². The van der Waals surface area contributed by atoms with Crippen LogP contribution in [0, 0.1) is 10.1 Å². The lowest BCUT2D eigenvalue weighted by molar-refractivity contribution is -0.385. The monoisotopic (exact) mass is 310 g/mol. The van der Waals surface area contributed by atoms with Gasteiger partial charge in [0.1, 0.15) is 5.82 Å². The molecule has 2 aromatic carbocycles. The molecule has 1 amide bonds. The molecular formula is C16H14N4O3. The Balaban J connectivity index is 1.65. The highest BCUT2D eigenvalue weighted by molar-refractivity contribution is 5.80. The summed E-state index contributed by atoms with van der Waals surface area (Å²) in [6, 6.07) is 13.8. The zero-order valence-electron chi connectivity index (χ0n) is 12.2. The third-order valence-electron chi connectivity index (χ3n) is 3.43. The van der Waals surface area contributed by atoms with Gasteiger partial charge in [-0.25, -0.2) is 4.98 Å². The van der Waals surface area contributed by atoms with Crippen molar-refractivity contribution in [1.29, 1.82) is 0 Å². The summed E-state index contributed by atoms with van der Waals surface area (Å²) < 4.78 is 0. The Bertz CT molecular complexity index is 839. The number of carbonyl (C=O) groups is 1. The van der Waals surface area contributed by atoms with E-state index in [0.717, 1.165) is 11.0 Å². The Kier molecular flexibility index (Phi) is 4.01. The number of rotatable bonds is 5. The van der Waals surface area contributed by atoms with Gasteiger partial charge in [-0.3, -0.25) is 14.9 Å². The minimum Gasteiger partial charge on any atom is -0.349 e. The Morgan fingerprint density at radius 2 is 1.91 bits per heavy atom. The number of aromatic nitrogens is 2. The first-order valence-corrected chi connectivity index (χ1v) is 7.06. The standard InChI is InChI=1S/C16H14N4O3/c21-16(9-11-5-1-4-8-14(11)20(22)23)17-10-15-18-12-6-2-3-7-13(12)19-15/h1-8H,9-10H2,(H,17,21)(H,18,19). The lowest BCUT2D eigenvalue weighted by Crippen LogP contribution is -2.25. The average Bonchev–Trinajstić information content (AvgIpc) is 2.96. The molecule has 0 fully saturated rings. The largest absolute Gasteiger partial charge is 0.349 e. The van der Waals surface area contributed by atoms with E-state index in [9.17, 15) is 14.9 Å². The van der Waals surface area contributed by atoms with Crippen molar-refractivity contribution in [2.45, 2.75) is 13.0 Å². The fraction of sp³-hybridized carbons (Fsp3) is 0.125. The second-order valence-electron chi connectivity index (χ2n) is 5.04. The minimum atomic E-state index is -0.484. The highest BCUT2D eigenvalue weighted by atomic mass is 16.6. The van der Waals surface area contributed by atoms with Gasteiger partial charge in [-0.1, -0.05) is 30.3 Å². The van der Waals surface area contributed by atoms with Crippen molar-refractivity contribution in [3.05, 3.63) is 70.0 Å². The molecule has 1 heterocycles. The van der Waals surface area contributed by atoms with Gasteiger partial charge < -0.3 is 10.3 Å². The van der Waals surface area contributed by atoms with Crippen LogP contribution in [0.1, 0.15) is 11.4 Å². The van der Waals surface area contributed by atoms with E-state index in [-0.39, 0.29) is 24.6 Å². The number of nitrogens with zero attached hydrogens (tertiary/aromatic N) is 2. The zero-order valence-corrected chi connectivity index (χ0v) is 12.2. The number of amides is 1. The molecule has 3 rings (SSSR count). The predicted octanol–water partition coefficient (Wildman–Crippen LogP) is 2.33. The Morgan fingerprint density at radius 1 is 1.17 bits per heavy atom. The Labute approximate surface area is 131 Å². The summed E-state index contributed by atoms with van der Waals surface area (Å²) >= 11 is 0. The van der Waals surface area contributed by atoms with Crippen LogP contribution in [0.15, 0.2) is 48.5 Å². The van der Waals surface area contributed by atoms with Crippen molar-refractivity contribution in [2.24, 2.45) is 0 Å². The topological polar surface area (TPSA) is 101 Å². The summed E-state index contributed by atoms with van der Waals surface area (Å²) in [7, 11) is 0. The first-order valence-electron chi connectivity index (χ1n) is 7.06. The van der Waals surface area contributed by atoms with Crippen LogP contribution in [0.4, 0.5) is 5.69 Å². The molecule has 0 radical (unpaired) electrons. The summed E-state index contributed by atoms with van der Waals surface area (Å²) in [4.78, 5) is 29.9. The van der Waals surface area contributed by atoms with Crippen LogP contribution in [0.3, 0.4) is 0 Å². The molecular weight excluding hydrogens is 296 g/mol. The molecule has 7 heteroatoms. The molecule has 0 atom stereocenters. The van der Waals surface area contributed by atoms with E-state index in [1.807, 2.05) is 24.3 Å². The van der Waals surface area contributed by atoms with Crippen molar-refractivity contribution in [3.63, 3.8) is 0 Å². The van der Waals surface area contributed by atoms with Crippen molar-refractivity contribution < 1.29 is 9.72 Å². The van der Waals surface area contributed by atoms with E-state index in [2.05, 4.69) is 15.3 Å². The Hall–Kier alpha value is -3.22. The van der Waals surface area contributed by atoms with Crippen molar-refractivity contribution >= 4 is 22.6 Å². The van der Waals surface area contributed by atoms with Gasteiger partial charge in [0.25, 0.3) is 5.69 Å². The van der Waals surface area contributed by atoms with Gasteiger partial charge in [-0.2, -0.15) is 0 Å². The number of H-pyrrole nitrogens is 1. The van der Waals surface area contributed by atoms with Crippen LogP contribution in [-0.4, -0.2) is 20.8 Å². The normalized spacial score (nSPS) is 10.6. The van der Waals surface area contributed by atoms with Crippen LogP contribution in [0.5, 0.6) is 0 Å². The second-order valence-corrected chi connectivity index (χ2v) is 5.04. The molecule has 2 N–H and O–H groups in total. The molecule has 3 aromatic rings. The summed E-state index contributed by atoms with van der Waals surface area (Å²) in [5, 5.41) is 13.7. The number of aromatic amines is 1. The van der Waals surface area contributed by atoms with Crippen LogP contribution in [0.25, 0.3) is 11.0 Å². The number of imidazole rings is 1. The van der Waals surface area contributed by atoms with E-state index in [4.69, 9.17) is 0 Å². The lowest BCUT2D eigenvalue weighted by atomic mass is 10.1. The number of nitro groups is 1. The molecule has 0 bridgehead atoms. The number of nitrogens with one attached hydrogen (secondary N) is 2. The van der Waals surface area contributed by atoms with Crippen LogP contribution in [-0.2, 0) is 17.8 Å². The maximum atomic E-state index is 12.0. The Morgan fingerprint density at radius 3 is 2.70 bits per heavy atom. The number of hydrogen-bond acceptors (Lipinski definition) is 4. The fourth-order valence-corrected chi connectivity index (χ4v) is 2.35. The lowest BCUT2D eigenvalue weighted by Gasteiger charge is -2.04. The van der Waals surface area contributed by atoms with E-state index >= 15 is 0 Å². The third-order valence-corrected chi connectivity index (χ3v) is 3.43. The average molecular weight is 310 g/mol. The fourth-order valence-electron chi connectivity index (χ4n) is 2.35. The summed E-state index contributed by atoms with van der Waals surface area (Å²) in [6.07, 6.45) is -0.0443. The summed E-state index contributed by atoms with van der Waals surface area (Å²) in [6.45, 7) is 0.244. The molecule has 23 heavy (non-hydrogen) atoms. The molecule has 0 saturated carbocycles. The number of nitro benzene ring substituents is 1. The summed E-state index contributed by atoms with van der Waals surface area (Å²) in [5.74, 6) is 0.349. The smallest absolute Gasteiger partial charge is 0.273 e. The number of carbonyl (C=O) groups excluding carboxylic acids is 1. The van der Waals surface area contributed by atoms with Crippen molar-refractivity contribution in [2.75, 3.05) is 0 Å². The quantitative estimate of drug-likeness (QED) is 0.558. The van der Waals surface area contributed by atoms with E-state index in [1.54, 1.807) is 18.2 Å². The minimum absolute atomic E-state index is 0.0443. The zero-order chi connectivity index (χ0) is 16.2. The van der Waals surface area contributed by atoms with Gasteiger partial charge in [-0.05, 0) is 12.1 Å². The summed E-state index contributed by atoms with van der Waals surface area (Å²) in [5.41, 5.74) is 2.07. The van der Waals surface area contributed by atoms with Gasteiger partial charge >= 0.3 is 0 Å². The maximum Gasteiger partial charge on any atom is 0.273 e. The van der Waals surface area contributed by atoms with Gasteiger partial charge in [0.2, 0.25) is 5.91 Å².